The Kier molecular flexibility index (Phi) is 4.47. The Morgan fingerprint density at radius 1 is 1.18 bits per heavy atom. The first-order valence-electron chi connectivity index (χ1n) is 8.86. The molecule has 0 atom stereocenters. The van der Waals surface area contributed by atoms with Crippen molar-refractivity contribution >= 4 is 11.9 Å². The van der Waals surface area contributed by atoms with Crippen LogP contribution in [0.5, 0.6) is 11.5 Å². The minimum absolute atomic E-state index is 0.0894. The summed E-state index contributed by atoms with van der Waals surface area (Å²) in [4.78, 5) is 13.0. The molecular weight excluding hydrogens is 359 g/mol. The van der Waals surface area contributed by atoms with Gasteiger partial charge in [0.15, 0.2) is 5.78 Å². The van der Waals surface area contributed by atoms with Crippen LogP contribution in [0.2, 0.25) is 0 Å². The van der Waals surface area contributed by atoms with Crippen LogP contribution in [-0.2, 0) is 0 Å². The van der Waals surface area contributed by atoms with Crippen LogP contribution in [0.15, 0.2) is 48.0 Å². The molecule has 1 aliphatic heterocycles. The summed E-state index contributed by atoms with van der Waals surface area (Å²) >= 11 is 0. The van der Waals surface area contributed by atoms with Gasteiger partial charge in [-0.15, -0.1) is 0 Å². The number of aromatic nitrogens is 2. The fourth-order valence-electron chi connectivity index (χ4n) is 3.31. The molecule has 0 N–H and O–H groups in total. The third kappa shape index (κ3) is 3.07. The van der Waals surface area contributed by atoms with E-state index in [1.807, 2.05) is 19.9 Å². The van der Waals surface area contributed by atoms with Gasteiger partial charge in [-0.1, -0.05) is 0 Å². The van der Waals surface area contributed by atoms with Gasteiger partial charge in [0.2, 0.25) is 0 Å². The van der Waals surface area contributed by atoms with Crippen LogP contribution in [0.25, 0.3) is 11.8 Å². The quantitative estimate of drug-likeness (QED) is 0.638. The molecule has 2 heterocycles. The zero-order valence-corrected chi connectivity index (χ0v) is 15.8. The van der Waals surface area contributed by atoms with Gasteiger partial charge in [0.05, 0.1) is 24.1 Å². The summed E-state index contributed by atoms with van der Waals surface area (Å²) in [5.41, 5.74) is 4.28. The molecule has 0 bridgehead atoms. The maximum Gasteiger partial charge on any atom is 0.196 e. The monoisotopic (exact) mass is 378 g/mol. The predicted molar refractivity (Wildman–Crippen MR) is 104 cm³/mol. The zero-order valence-electron chi connectivity index (χ0n) is 15.8. The Bertz CT molecular complexity index is 1100. The number of carbonyl (C=O) groups excluding carboxylic acids is 1. The molecule has 142 valence electrons. The van der Waals surface area contributed by atoms with Crippen molar-refractivity contribution in [3.05, 3.63) is 76.4 Å². The van der Waals surface area contributed by atoms with Gasteiger partial charge < -0.3 is 9.47 Å². The Morgan fingerprint density at radius 3 is 2.64 bits per heavy atom. The second-order valence-corrected chi connectivity index (χ2v) is 6.62. The highest BCUT2D eigenvalue weighted by atomic mass is 19.1. The van der Waals surface area contributed by atoms with E-state index >= 15 is 0 Å². The van der Waals surface area contributed by atoms with Crippen LogP contribution in [0, 0.1) is 19.7 Å². The van der Waals surface area contributed by atoms with Crippen LogP contribution in [0.4, 0.5) is 4.39 Å². The van der Waals surface area contributed by atoms with Crippen LogP contribution in [0.1, 0.15) is 27.3 Å². The number of rotatable bonds is 3. The highest BCUT2D eigenvalue weighted by Gasteiger charge is 2.25. The summed E-state index contributed by atoms with van der Waals surface area (Å²) in [6.45, 7) is 3.99. The molecule has 0 saturated heterocycles. The van der Waals surface area contributed by atoms with E-state index < -0.39 is 0 Å². The van der Waals surface area contributed by atoms with Crippen molar-refractivity contribution in [1.82, 2.24) is 9.78 Å². The van der Waals surface area contributed by atoms with Crippen molar-refractivity contribution in [2.45, 2.75) is 13.8 Å². The van der Waals surface area contributed by atoms with Gasteiger partial charge in [-0.3, -0.25) is 4.79 Å². The first-order valence-corrected chi connectivity index (χ1v) is 8.86. The number of nitrogens with zero attached hydrogens (tertiary/aromatic N) is 2. The molecule has 5 nitrogen and oxygen atoms in total. The number of hydrogen-bond acceptors (Lipinski definition) is 4. The van der Waals surface area contributed by atoms with Crippen molar-refractivity contribution in [1.29, 1.82) is 0 Å². The van der Waals surface area contributed by atoms with Crippen molar-refractivity contribution in [2.75, 3.05) is 13.7 Å². The second-order valence-electron chi connectivity index (χ2n) is 6.62. The lowest BCUT2D eigenvalue weighted by molar-refractivity contribution is 0.100. The SMILES string of the molecule is COc1ccc2c(c1)C(=O)/C(=C\c1c(C)nn(-c3ccc(F)cc3)c1C)CO2. The predicted octanol–water partition coefficient (Wildman–Crippen LogP) is 4.30. The van der Waals surface area contributed by atoms with Crippen molar-refractivity contribution in [2.24, 2.45) is 0 Å². The molecule has 1 aromatic heterocycles. The third-order valence-corrected chi connectivity index (χ3v) is 4.84. The summed E-state index contributed by atoms with van der Waals surface area (Å²) in [7, 11) is 1.56. The van der Waals surface area contributed by atoms with Gasteiger partial charge in [0.25, 0.3) is 0 Å². The zero-order chi connectivity index (χ0) is 19.8. The molecule has 2 aromatic carbocycles. The molecule has 0 saturated carbocycles. The van der Waals surface area contributed by atoms with Crippen LogP contribution >= 0.6 is 0 Å². The maximum absolute atomic E-state index is 13.2. The summed E-state index contributed by atoms with van der Waals surface area (Å²) < 4.78 is 25.9. The van der Waals surface area contributed by atoms with Crippen LogP contribution in [-0.4, -0.2) is 29.3 Å². The van der Waals surface area contributed by atoms with Crippen molar-refractivity contribution in [3.63, 3.8) is 0 Å². The van der Waals surface area contributed by atoms with Gasteiger partial charge in [-0.05, 0) is 62.4 Å². The summed E-state index contributed by atoms with van der Waals surface area (Å²) in [5.74, 6) is 0.770. The molecule has 0 fully saturated rings. The average Bonchev–Trinajstić information content (AvgIpc) is 2.98. The van der Waals surface area contributed by atoms with E-state index in [0.29, 0.717) is 22.6 Å². The second kappa shape index (κ2) is 6.96. The van der Waals surface area contributed by atoms with E-state index in [4.69, 9.17) is 9.47 Å². The van der Waals surface area contributed by atoms with E-state index in [0.717, 1.165) is 22.6 Å². The van der Waals surface area contributed by atoms with Crippen LogP contribution < -0.4 is 9.47 Å². The van der Waals surface area contributed by atoms with Gasteiger partial charge in [0, 0.05) is 16.8 Å². The topological polar surface area (TPSA) is 53.3 Å². The van der Waals surface area contributed by atoms with E-state index in [9.17, 15) is 9.18 Å². The maximum atomic E-state index is 13.2. The Morgan fingerprint density at radius 2 is 1.93 bits per heavy atom. The van der Waals surface area contributed by atoms with Gasteiger partial charge >= 0.3 is 0 Å². The number of Topliss-reactive ketones (excluding diaryl/α,β-unsaturated/α-hetero) is 1. The Hall–Kier alpha value is -3.41. The van der Waals surface area contributed by atoms with Gasteiger partial charge in [0.1, 0.15) is 23.9 Å². The molecule has 0 unspecified atom stereocenters. The number of carbonyl (C=O) groups is 1. The molecule has 3 aromatic rings. The highest BCUT2D eigenvalue weighted by Crippen LogP contribution is 2.32. The number of ketones is 1. The largest absolute Gasteiger partial charge is 0.497 e. The lowest BCUT2D eigenvalue weighted by Crippen LogP contribution is -2.19. The summed E-state index contributed by atoms with van der Waals surface area (Å²) in [5, 5.41) is 4.55. The number of halogens is 1. The Balaban J connectivity index is 1.73. The number of ether oxygens (including phenoxy) is 2. The number of methoxy groups -OCH3 is 1. The lowest BCUT2D eigenvalue weighted by Gasteiger charge is -2.19. The molecule has 0 spiro atoms. The summed E-state index contributed by atoms with van der Waals surface area (Å²) in [6, 6.07) is 11.3. The van der Waals surface area contributed by atoms with Crippen molar-refractivity contribution in [3.8, 4) is 17.2 Å². The highest BCUT2D eigenvalue weighted by molar-refractivity contribution is 6.14. The number of hydrogen-bond donors (Lipinski definition) is 0. The van der Waals surface area contributed by atoms with Crippen LogP contribution in [0.3, 0.4) is 0 Å². The number of benzene rings is 2. The smallest absolute Gasteiger partial charge is 0.196 e. The van der Waals surface area contributed by atoms with Gasteiger partial charge in [-0.2, -0.15) is 5.10 Å². The molecule has 6 heteroatoms. The first-order chi connectivity index (χ1) is 13.5. The molecular formula is C22H19FN2O3. The average molecular weight is 378 g/mol. The number of fused-ring (bicyclic) bond motifs is 1. The molecule has 28 heavy (non-hydrogen) atoms. The molecule has 0 radical (unpaired) electrons. The van der Waals surface area contributed by atoms with Crippen molar-refractivity contribution < 1.29 is 18.7 Å². The minimum Gasteiger partial charge on any atom is -0.497 e. The molecule has 0 amide bonds. The standard InChI is InChI=1S/C22H19FN2O3/c1-13-19(14(2)25(24-13)17-6-4-16(23)5-7-17)10-15-12-28-21-9-8-18(27-3)11-20(21)22(15)26/h4-11H,12H2,1-3H3/b15-10-. The van der Waals surface area contributed by atoms with Gasteiger partial charge in [-0.25, -0.2) is 9.07 Å². The third-order valence-electron chi connectivity index (χ3n) is 4.84. The van der Waals surface area contributed by atoms with E-state index in [1.54, 1.807) is 42.1 Å². The first kappa shape index (κ1) is 18.0. The lowest BCUT2D eigenvalue weighted by atomic mass is 9.97. The van der Waals surface area contributed by atoms with E-state index in [-0.39, 0.29) is 18.2 Å². The van der Waals surface area contributed by atoms with E-state index in [2.05, 4.69) is 5.10 Å². The normalized spacial score (nSPS) is 14.7. The molecule has 0 aliphatic carbocycles. The number of aryl methyl sites for hydroxylation is 1. The fourth-order valence-corrected chi connectivity index (χ4v) is 3.31. The summed E-state index contributed by atoms with van der Waals surface area (Å²) in [6.07, 6.45) is 1.82. The molecule has 1 aliphatic rings. The van der Waals surface area contributed by atoms with E-state index in [1.165, 1.54) is 12.1 Å². The Labute approximate surface area is 162 Å². The fraction of sp³-hybridized carbons (Fsp3) is 0.182. The molecule has 4 rings (SSSR count). The minimum atomic E-state index is -0.299.